The summed E-state index contributed by atoms with van der Waals surface area (Å²) in [5.41, 5.74) is 1.28. The van der Waals surface area contributed by atoms with Gasteiger partial charge in [0, 0.05) is 11.6 Å². The normalized spacial score (nSPS) is 24.8. The van der Waals surface area contributed by atoms with Gasteiger partial charge in [0.15, 0.2) is 17.8 Å². The summed E-state index contributed by atoms with van der Waals surface area (Å²) in [6.07, 6.45) is -4.46. The highest BCUT2D eigenvalue weighted by Crippen LogP contribution is 2.55. The molecule has 3 aromatic rings. The second-order valence-corrected chi connectivity index (χ2v) is 12.9. The maximum absolute atomic E-state index is 14.2. The Morgan fingerprint density at radius 3 is 2.62 bits per heavy atom. The number of ether oxygens (including phenoxy) is 1. The Labute approximate surface area is 214 Å². The SMILES string of the molecule is C[C@H](Nc1cc(Cl)nc2c1ncn2[C@@H]1O[C@H](COP(=O)(O)CP(=O)(O)O)[C@@H](O)[C@H]1O)c1ccccc1F. The Bertz CT molecular complexity index is 1390. The second kappa shape index (κ2) is 10.7. The molecule has 0 amide bonds. The lowest BCUT2D eigenvalue weighted by molar-refractivity contribution is -0.0483. The third-order valence-corrected chi connectivity index (χ3v) is 9.31. The maximum Gasteiger partial charge on any atom is 0.340 e. The van der Waals surface area contributed by atoms with E-state index in [9.17, 15) is 28.6 Å². The van der Waals surface area contributed by atoms with Crippen molar-refractivity contribution in [2.45, 2.75) is 37.5 Å². The number of aliphatic hydroxyl groups is 2. The molecule has 0 saturated carbocycles. The molecule has 6 N–H and O–H groups in total. The van der Waals surface area contributed by atoms with Crippen LogP contribution in [0.2, 0.25) is 5.15 Å². The van der Waals surface area contributed by atoms with Gasteiger partial charge in [-0.2, -0.15) is 0 Å². The van der Waals surface area contributed by atoms with Gasteiger partial charge in [-0.05, 0) is 13.0 Å². The number of pyridine rings is 1. The monoisotopic (exact) mass is 580 g/mol. The molecule has 0 aliphatic carbocycles. The standard InChI is InChI=1S/C20H24ClFN4O9P2/c1-10(11-4-2-3-5-12(11)22)24-13-6-15(21)25-19-16(13)23-8-26(19)20-18(28)17(27)14(35-20)7-34-37(32,33)9-36(29,30)31/h2-6,8,10,14,17-18,20,27-28H,7,9H2,1H3,(H,24,25)(H,32,33)(H2,29,30,31)/t10-,14+,17+,18+,20+/m0/s1. The van der Waals surface area contributed by atoms with Gasteiger partial charge in [0.25, 0.3) is 0 Å². The lowest BCUT2D eigenvalue weighted by atomic mass is 10.1. The first kappa shape index (κ1) is 28.1. The summed E-state index contributed by atoms with van der Waals surface area (Å²) in [5, 5.41) is 24.2. The van der Waals surface area contributed by atoms with Gasteiger partial charge in [-0.3, -0.25) is 13.7 Å². The van der Waals surface area contributed by atoms with Gasteiger partial charge >= 0.3 is 15.2 Å². The summed E-state index contributed by atoms with van der Waals surface area (Å²) < 4.78 is 48.8. The summed E-state index contributed by atoms with van der Waals surface area (Å²) in [6.45, 7) is 1.00. The molecule has 37 heavy (non-hydrogen) atoms. The maximum atomic E-state index is 14.2. The quantitative estimate of drug-likeness (QED) is 0.160. The molecule has 0 bridgehead atoms. The van der Waals surface area contributed by atoms with Crippen LogP contribution >= 0.6 is 26.8 Å². The predicted octanol–water partition coefficient (Wildman–Crippen LogP) is 2.35. The molecule has 1 aliphatic heterocycles. The molecule has 1 unspecified atom stereocenters. The highest BCUT2D eigenvalue weighted by molar-refractivity contribution is 7.70. The van der Waals surface area contributed by atoms with Crippen LogP contribution in [0, 0.1) is 5.82 Å². The number of hydrogen-bond donors (Lipinski definition) is 6. The Balaban J connectivity index is 1.56. The summed E-state index contributed by atoms with van der Waals surface area (Å²) >= 11 is 6.20. The average Bonchev–Trinajstić information content (AvgIpc) is 3.32. The van der Waals surface area contributed by atoms with Crippen molar-refractivity contribution in [1.82, 2.24) is 14.5 Å². The van der Waals surface area contributed by atoms with Crippen molar-refractivity contribution >= 4 is 43.6 Å². The molecule has 6 atom stereocenters. The molecule has 2 aromatic heterocycles. The first-order valence-electron chi connectivity index (χ1n) is 10.8. The van der Waals surface area contributed by atoms with Gasteiger partial charge < -0.3 is 39.5 Å². The first-order valence-corrected chi connectivity index (χ1v) is 14.8. The highest BCUT2D eigenvalue weighted by atomic mass is 35.5. The minimum atomic E-state index is -4.85. The number of imidazole rings is 1. The van der Waals surface area contributed by atoms with Crippen LogP contribution in [0.25, 0.3) is 11.2 Å². The van der Waals surface area contributed by atoms with E-state index in [0.29, 0.717) is 16.8 Å². The van der Waals surface area contributed by atoms with Crippen LogP contribution in [0.15, 0.2) is 36.7 Å². The summed E-state index contributed by atoms with van der Waals surface area (Å²) in [7, 11) is -9.56. The molecule has 3 heterocycles. The minimum Gasteiger partial charge on any atom is -0.387 e. The van der Waals surface area contributed by atoms with Crippen LogP contribution in [0.5, 0.6) is 0 Å². The minimum absolute atomic E-state index is 0.0454. The van der Waals surface area contributed by atoms with Crippen molar-refractivity contribution in [3.8, 4) is 0 Å². The molecular weight excluding hydrogens is 557 g/mol. The van der Waals surface area contributed by atoms with Gasteiger partial charge in [-0.1, -0.05) is 29.8 Å². The van der Waals surface area contributed by atoms with E-state index in [4.69, 9.17) is 30.6 Å². The Morgan fingerprint density at radius 2 is 1.95 bits per heavy atom. The van der Waals surface area contributed by atoms with E-state index in [2.05, 4.69) is 15.3 Å². The summed E-state index contributed by atoms with van der Waals surface area (Å²) in [5.74, 6) is -1.81. The average molecular weight is 581 g/mol. The molecule has 1 aliphatic rings. The number of fused-ring (bicyclic) bond motifs is 1. The Kier molecular flexibility index (Phi) is 8.08. The number of rotatable bonds is 9. The van der Waals surface area contributed by atoms with Crippen LogP contribution < -0.4 is 5.32 Å². The fraction of sp³-hybridized carbons (Fsp3) is 0.400. The number of anilines is 1. The van der Waals surface area contributed by atoms with Crippen molar-refractivity contribution < 1.29 is 47.7 Å². The van der Waals surface area contributed by atoms with Gasteiger partial charge in [0.1, 0.15) is 34.8 Å². The Morgan fingerprint density at radius 1 is 1.24 bits per heavy atom. The smallest absolute Gasteiger partial charge is 0.340 e. The van der Waals surface area contributed by atoms with E-state index in [0.717, 1.165) is 0 Å². The number of aromatic nitrogens is 3. The number of hydrogen-bond acceptors (Lipinski definition) is 9. The topological polar surface area (TPSA) is 196 Å². The van der Waals surface area contributed by atoms with Crippen molar-refractivity contribution in [3.63, 3.8) is 0 Å². The van der Waals surface area contributed by atoms with Crippen molar-refractivity contribution in [1.29, 1.82) is 0 Å². The van der Waals surface area contributed by atoms with Crippen molar-refractivity contribution in [2.75, 3.05) is 17.8 Å². The number of nitrogens with one attached hydrogen (secondary N) is 1. The number of benzene rings is 1. The lowest BCUT2D eigenvalue weighted by Gasteiger charge is -2.19. The zero-order valence-electron chi connectivity index (χ0n) is 19.1. The molecule has 202 valence electrons. The van der Waals surface area contributed by atoms with Gasteiger partial charge in [-0.25, -0.2) is 14.4 Å². The van der Waals surface area contributed by atoms with Crippen LogP contribution in [-0.4, -0.2) is 70.3 Å². The van der Waals surface area contributed by atoms with Gasteiger partial charge in [-0.15, -0.1) is 0 Å². The van der Waals surface area contributed by atoms with Crippen LogP contribution in [-0.2, 0) is 18.4 Å². The molecule has 1 aromatic carbocycles. The predicted molar refractivity (Wildman–Crippen MR) is 130 cm³/mol. The van der Waals surface area contributed by atoms with Crippen molar-refractivity contribution in [2.24, 2.45) is 0 Å². The van der Waals surface area contributed by atoms with E-state index in [1.807, 2.05) is 0 Å². The third kappa shape index (κ3) is 6.37. The molecule has 0 radical (unpaired) electrons. The second-order valence-electron chi connectivity index (χ2n) is 8.49. The van der Waals surface area contributed by atoms with E-state index in [-0.39, 0.29) is 10.8 Å². The number of halogens is 2. The fourth-order valence-electron chi connectivity index (χ4n) is 3.97. The lowest BCUT2D eigenvalue weighted by Crippen LogP contribution is -2.33. The highest BCUT2D eigenvalue weighted by Gasteiger charge is 2.45. The van der Waals surface area contributed by atoms with E-state index in [1.54, 1.807) is 25.1 Å². The van der Waals surface area contributed by atoms with Crippen LogP contribution in [0.1, 0.15) is 24.8 Å². The summed E-state index contributed by atoms with van der Waals surface area (Å²) in [4.78, 5) is 36.0. The van der Waals surface area contributed by atoms with E-state index >= 15 is 0 Å². The van der Waals surface area contributed by atoms with Crippen LogP contribution in [0.3, 0.4) is 0 Å². The number of nitrogens with zero attached hydrogens (tertiary/aromatic N) is 3. The van der Waals surface area contributed by atoms with Gasteiger partial charge in [0.2, 0.25) is 0 Å². The summed E-state index contributed by atoms with van der Waals surface area (Å²) in [6, 6.07) is 7.26. The zero-order valence-corrected chi connectivity index (χ0v) is 21.7. The third-order valence-electron chi connectivity index (χ3n) is 5.66. The zero-order chi connectivity index (χ0) is 27.1. The largest absolute Gasteiger partial charge is 0.387 e. The Hall–Kier alpha value is -1.96. The molecule has 4 rings (SSSR count). The van der Waals surface area contributed by atoms with E-state index in [1.165, 1.54) is 23.0 Å². The van der Waals surface area contributed by atoms with Gasteiger partial charge in [0.05, 0.1) is 24.7 Å². The molecule has 1 fully saturated rings. The fourth-order valence-corrected chi connectivity index (χ4v) is 6.73. The molecule has 17 heteroatoms. The van der Waals surface area contributed by atoms with Crippen molar-refractivity contribution in [3.05, 3.63) is 53.2 Å². The molecule has 0 spiro atoms. The van der Waals surface area contributed by atoms with E-state index < -0.39 is 64.1 Å². The first-order chi connectivity index (χ1) is 17.3. The molecule has 13 nitrogen and oxygen atoms in total. The number of aliphatic hydroxyl groups excluding tert-OH is 2. The molecular formula is C20H24ClFN4O9P2. The van der Waals surface area contributed by atoms with Crippen LogP contribution in [0.4, 0.5) is 10.1 Å². The molecule has 1 saturated heterocycles.